The fourth-order valence-electron chi connectivity index (χ4n) is 0.995. The van der Waals surface area contributed by atoms with Gasteiger partial charge < -0.3 is 14.9 Å². The number of rotatable bonds is 3. The molecule has 0 fully saturated rings. The van der Waals surface area contributed by atoms with Crippen molar-refractivity contribution in [2.75, 3.05) is 7.11 Å². The van der Waals surface area contributed by atoms with Crippen molar-refractivity contribution < 1.29 is 19.7 Å². The molecule has 4 nitrogen and oxygen atoms in total. The zero-order valence-corrected chi connectivity index (χ0v) is 7.60. The van der Waals surface area contributed by atoms with E-state index in [9.17, 15) is 4.79 Å². The number of para-hydroxylation sites is 1. The standard InChI is InChI=1S/C10H10O4/c1-14-9-5-3-2-4-7(9)6-8(11)10(12)13/h2-6,11H,1H3,(H,12,13). The number of aliphatic carboxylic acids is 1. The molecule has 1 aromatic rings. The summed E-state index contributed by atoms with van der Waals surface area (Å²) in [5.74, 6) is -1.56. The summed E-state index contributed by atoms with van der Waals surface area (Å²) in [7, 11) is 1.48. The van der Waals surface area contributed by atoms with Gasteiger partial charge in [-0.15, -0.1) is 0 Å². The van der Waals surface area contributed by atoms with Crippen molar-refractivity contribution in [1.82, 2.24) is 0 Å². The molecular formula is C10H10O4. The summed E-state index contributed by atoms with van der Waals surface area (Å²) in [6, 6.07) is 6.82. The van der Waals surface area contributed by atoms with Gasteiger partial charge in [-0.3, -0.25) is 0 Å². The van der Waals surface area contributed by atoms with E-state index < -0.39 is 11.7 Å². The minimum absolute atomic E-state index is 0.514. The van der Waals surface area contributed by atoms with Crippen molar-refractivity contribution in [3.8, 4) is 5.75 Å². The summed E-state index contributed by atoms with van der Waals surface area (Å²) in [4.78, 5) is 10.3. The summed E-state index contributed by atoms with van der Waals surface area (Å²) >= 11 is 0. The Bertz CT molecular complexity index is 368. The minimum atomic E-state index is -1.36. The van der Waals surface area contributed by atoms with Gasteiger partial charge in [0.25, 0.3) is 0 Å². The molecule has 0 bridgehead atoms. The van der Waals surface area contributed by atoms with Crippen LogP contribution in [-0.2, 0) is 4.79 Å². The van der Waals surface area contributed by atoms with Crippen molar-refractivity contribution in [3.63, 3.8) is 0 Å². The van der Waals surface area contributed by atoms with Crippen LogP contribution < -0.4 is 4.74 Å². The third kappa shape index (κ3) is 2.26. The van der Waals surface area contributed by atoms with Crippen LogP contribution in [0.4, 0.5) is 0 Å². The van der Waals surface area contributed by atoms with Crippen molar-refractivity contribution in [2.24, 2.45) is 0 Å². The van der Waals surface area contributed by atoms with Gasteiger partial charge in [-0.1, -0.05) is 18.2 Å². The molecule has 0 unspecified atom stereocenters. The maximum Gasteiger partial charge on any atom is 0.370 e. The SMILES string of the molecule is COc1ccccc1C=C(O)C(=O)O. The fourth-order valence-corrected chi connectivity index (χ4v) is 0.995. The van der Waals surface area contributed by atoms with Gasteiger partial charge in [0.2, 0.25) is 5.76 Å². The van der Waals surface area contributed by atoms with Gasteiger partial charge in [-0.25, -0.2) is 4.79 Å². The van der Waals surface area contributed by atoms with Crippen LogP contribution in [0.15, 0.2) is 30.0 Å². The van der Waals surface area contributed by atoms with E-state index in [1.165, 1.54) is 7.11 Å². The van der Waals surface area contributed by atoms with E-state index in [1.54, 1.807) is 24.3 Å². The molecule has 0 amide bonds. The van der Waals surface area contributed by atoms with Gasteiger partial charge in [0, 0.05) is 5.56 Å². The predicted molar refractivity (Wildman–Crippen MR) is 51.2 cm³/mol. The summed E-state index contributed by atoms with van der Waals surface area (Å²) < 4.78 is 4.98. The van der Waals surface area contributed by atoms with E-state index in [0.29, 0.717) is 11.3 Å². The highest BCUT2D eigenvalue weighted by Gasteiger charge is 2.05. The van der Waals surface area contributed by atoms with Gasteiger partial charge >= 0.3 is 5.97 Å². The number of carboxylic acids is 1. The molecule has 1 rings (SSSR count). The first kappa shape index (κ1) is 10.1. The Morgan fingerprint density at radius 2 is 2.00 bits per heavy atom. The molecule has 0 saturated carbocycles. The quantitative estimate of drug-likeness (QED) is 0.567. The van der Waals surface area contributed by atoms with Crippen molar-refractivity contribution in [2.45, 2.75) is 0 Å². The van der Waals surface area contributed by atoms with Gasteiger partial charge in [0.05, 0.1) is 7.11 Å². The highest BCUT2D eigenvalue weighted by molar-refractivity contribution is 5.89. The number of carboxylic acid groups (broad SMARTS) is 1. The lowest BCUT2D eigenvalue weighted by Crippen LogP contribution is -1.98. The van der Waals surface area contributed by atoms with E-state index in [4.69, 9.17) is 14.9 Å². The lowest BCUT2D eigenvalue weighted by molar-refractivity contribution is -0.135. The zero-order valence-electron chi connectivity index (χ0n) is 7.60. The van der Waals surface area contributed by atoms with Crippen molar-refractivity contribution in [1.29, 1.82) is 0 Å². The first-order chi connectivity index (χ1) is 6.65. The van der Waals surface area contributed by atoms with Crippen molar-refractivity contribution in [3.05, 3.63) is 35.6 Å². The highest BCUT2D eigenvalue weighted by Crippen LogP contribution is 2.19. The summed E-state index contributed by atoms with van der Waals surface area (Å²) in [5, 5.41) is 17.5. The summed E-state index contributed by atoms with van der Waals surface area (Å²) in [6.07, 6.45) is 1.14. The molecule has 0 spiro atoms. The molecule has 74 valence electrons. The maximum absolute atomic E-state index is 10.3. The van der Waals surface area contributed by atoms with Gasteiger partial charge in [-0.05, 0) is 12.1 Å². The molecule has 0 atom stereocenters. The zero-order chi connectivity index (χ0) is 10.6. The third-order valence-corrected chi connectivity index (χ3v) is 1.65. The van der Waals surface area contributed by atoms with Crippen LogP contribution >= 0.6 is 0 Å². The Morgan fingerprint density at radius 3 is 2.57 bits per heavy atom. The second kappa shape index (κ2) is 4.32. The Kier molecular flexibility index (Phi) is 3.12. The first-order valence-electron chi connectivity index (χ1n) is 3.92. The van der Waals surface area contributed by atoms with Crippen LogP contribution in [-0.4, -0.2) is 23.3 Å². The topological polar surface area (TPSA) is 66.8 Å². The lowest BCUT2D eigenvalue weighted by atomic mass is 10.2. The first-order valence-corrected chi connectivity index (χ1v) is 3.92. The fraction of sp³-hybridized carbons (Fsp3) is 0.100. The Labute approximate surface area is 81.1 Å². The number of aliphatic hydroxyl groups is 1. The van der Waals surface area contributed by atoms with Crippen LogP contribution in [0.25, 0.3) is 6.08 Å². The monoisotopic (exact) mass is 194 g/mol. The number of hydrogen-bond donors (Lipinski definition) is 2. The Balaban J connectivity index is 3.07. The average Bonchev–Trinajstić information content (AvgIpc) is 2.18. The number of methoxy groups -OCH3 is 1. The Hall–Kier alpha value is -1.97. The molecule has 0 aromatic heterocycles. The smallest absolute Gasteiger partial charge is 0.370 e. The molecule has 14 heavy (non-hydrogen) atoms. The molecule has 0 heterocycles. The summed E-state index contributed by atoms with van der Waals surface area (Å²) in [5.41, 5.74) is 0.523. The number of aliphatic hydroxyl groups excluding tert-OH is 1. The Morgan fingerprint density at radius 1 is 1.36 bits per heavy atom. The largest absolute Gasteiger partial charge is 0.502 e. The number of hydrogen-bond acceptors (Lipinski definition) is 3. The molecule has 4 heteroatoms. The van der Waals surface area contributed by atoms with Crippen LogP contribution in [0.2, 0.25) is 0 Å². The predicted octanol–water partition coefficient (Wildman–Crippen LogP) is 1.68. The number of carbonyl (C=O) groups is 1. The molecule has 0 aliphatic carbocycles. The minimum Gasteiger partial charge on any atom is -0.502 e. The normalized spacial score (nSPS) is 11.1. The van der Waals surface area contributed by atoms with Crippen LogP contribution in [0, 0.1) is 0 Å². The van der Waals surface area contributed by atoms with Gasteiger partial charge in [0.15, 0.2) is 0 Å². The molecule has 0 saturated heterocycles. The van der Waals surface area contributed by atoms with Crippen LogP contribution in [0.1, 0.15) is 5.56 Å². The van der Waals surface area contributed by atoms with Gasteiger partial charge in [-0.2, -0.15) is 0 Å². The lowest BCUT2D eigenvalue weighted by Gasteiger charge is -2.03. The van der Waals surface area contributed by atoms with Crippen LogP contribution in [0.5, 0.6) is 5.75 Å². The third-order valence-electron chi connectivity index (χ3n) is 1.65. The molecule has 0 radical (unpaired) electrons. The summed E-state index contributed by atoms with van der Waals surface area (Å²) in [6.45, 7) is 0. The van der Waals surface area contributed by atoms with Gasteiger partial charge in [0.1, 0.15) is 5.75 Å². The van der Waals surface area contributed by atoms with E-state index in [0.717, 1.165) is 6.08 Å². The highest BCUT2D eigenvalue weighted by atomic mass is 16.5. The van der Waals surface area contributed by atoms with E-state index >= 15 is 0 Å². The molecule has 0 aliphatic rings. The average molecular weight is 194 g/mol. The molecular weight excluding hydrogens is 184 g/mol. The van der Waals surface area contributed by atoms with E-state index in [2.05, 4.69) is 0 Å². The van der Waals surface area contributed by atoms with E-state index in [1.807, 2.05) is 0 Å². The van der Waals surface area contributed by atoms with Crippen molar-refractivity contribution >= 4 is 12.0 Å². The molecule has 1 aromatic carbocycles. The molecule has 0 aliphatic heterocycles. The van der Waals surface area contributed by atoms with Crippen LogP contribution in [0.3, 0.4) is 0 Å². The number of benzene rings is 1. The van der Waals surface area contributed by atoms with E-state index in [-0.39, 0.29) is 0 Å². The maximum atomic E-state index is 10.3. The second-order valence-corrected chi connectivity index (χ2v) is 2.58. The number of ether oxygens (including phenoxy) is 1. The second-order valence-electron chi connectivity index (χ2n) is 2.58. The molecule has 2 N–H and O–H groups in total.